The Kier molecular flexibility index (Phi) is 4.65. The summed E-state index contributed by atoms with van der Waals surface area (Å²) in [6, 6.07) is 6.48. The number of piperidine rings is 1. The van der Waals surface area contributed by atoms with E-state index in [4.69, 9.17) is 4.74 Å². The molecular formula is C16H25NO. The average Bonchev–Trinajstić information content (AvgIpc) is 2.37. The Morgan fingerprint density at radius 1 is 1.39 bits per heavy atom. The van der Waals surface area contributed by atoms with E-state index in [2.05, 4.69) is 44.3 Å². The van der Waals surface area contributed by atoms with E-state index < -0.39 is 0 Å². The van der Waals surface area contributed by atoms with Gasteiger partial charge in [0.25, 0.3) is 0 Å². The second-order valence-electron chi connectivity index (χ2n) is 5.70. The molecule has 2 nitrogen and oxygen atoms in total. The molecule has 1 N–H and O–H groups in total. The minimum Gasteiger partial charge on any atom is -0.493 e. The molecule has 0 spiro atoms. The van der Waals surface area contributed by atoms with Gasteiger partial charge in [-0.25, -0.2) is 0 Å². The molecule has 18 heavy (non-hydrogen) atoms. The lowest BCUT2D eigenvalue weighted by Crippen LogP contribution is -2.33. The topological polar surface area (TPSA) is 21.3 Å². The van der Waals surface area contributed by atoms with E-state index in [9.17, 15) is 0 Å². The normalized spacial score (nSPS) is 20.1. The van der Waals surface area contributed by atoms with Crippen LogP contribution >= 0.6 is 0 Å². The Morgan fingerprint density at radius 2 is 2.22 bits per heavy atom. The molecule has 0 radical (unpaired) electrons. The Bertz CT molecular complexity index is 381. The summed E-state index contributed by atoms with van der Waals surface area (Å²) in [5.41, 5.74) is 2.76. The lowest BCUT2D eigenvalue weighted by molar-refractivity contribution is 0.218. The molecule has 0 saturated carbocycles. The lowest BCUT2D eigenvalue weighted by Gasteiger charge is -2.23. The zero-order chi connectivity index (χ0) is 13.0. The molecule has 1 aromatic carbocycles. The van der Waals surface area contributed by atoms with E-state index in [1.807, 2.05) is 0 Å². The number of nitrogens with one attached hydrogen (secondary N) is 1. The fourth-order valence-electron chi connectivity index (χ4n) is 2.67. The minimum absolute atomic E-state index is 0.585. The van der Waals surface area contributed by atoms with Gasteiger partial charge in [0.2, 0.25) is 0 Å². The van der Waals surface area contributed by atoms with Crippen molar-refractivity contribution in [2.45, 2.75) is 39.5 Å². The van der Waals surface area contributed by atoms with E-state index in [0.29, 0.717) is 11.8 Å². The molecule has 1 aliphatic heterocycles. The van der Waals surface area contributed by atoms with Crippen LogP contribution in [-0.2, 0) is 0 Å². The van der Waals surface area contributed by atoms with Gasteiger partial charge < -0.3 is 10.1 Å². The highest BCUT2D eigenvalue weighted by atomic mass is 16.5. The molecule has 0 amide bonds. The highest BCUT2D eigenvalue weighted by Gasteiger charge is 2.13. The Hall–Kier alpha value is -1.02. The van der Waals surface area contributed by atoms with Gasteiger partial charge in [0, 0.05) is 12.5 Å². The Labute approximate surface area is 111 Å². The fraction of sp³-hybridized carbons (Fsp3) is 0.625. The summed E-state index contributed by atoms with van der Waals surface area (Å²) in [4.78, 5) is 0. The molecule has 1 saturated heterocycles. The maximum atomic E-state index is 5.92. The molecule has 0 aromatic heterocycles. The zero-order valence-electron chi connectivity index (χ0n) is 11.8. The van der Waals surface area contributed by atoms with Crippen molar-refractivity contribution in [3.05, 3.63) is 29.3 Å². The number of hydrogen-bond acceptors (Lipinski definition) is 2. The standard InChI is InChI=1S/C16H25NO/c1-12(2)16-7-6-15(9-13(16)3)18-11-14-5-4-8-17-10-14/h6-7,9,12,14,17H,4-5,8,10-11H2,1-3H3/t14-/m0/s1. The van der Waals surface area contributed by atoms with Crippen LogP contribution in [0, 0.1) is 12.8 Å². The molecule has 0 unspecified atom stereocenters. The molecule has 100 valence electrons. The van der Waals surface area contributed by atoms with Gasteiger partial charge in [0.1, 0.15) is 5.75 Å². The van der Waals surface area contributed by atoms with Gasteiger partial charge in [0.05, 0.1) is 6.61 Å². The second-order valence-corrected chi connectivity index (χ2v) is 5.70. The van der Waals surface area contributed by atoms with Crippen LogP contribution in [0.4, 0.5) is 0 Å². The maximum absolute atomic E-state index is 5.92. The average molecular weight is 247 g/mol. The molecule has 2 heteroatoms. The van der Waals surface area contributed by atoms with Crippen LogP contribution in [0.3, 0.4) is 0 Å². The summed E-state index contributed by atoms with van der Waals surface area (Å²) in [6.07, 6.45) is 2.56. The van der Waals surface area contributed by atoms with Crippen LogP contribution in [0.15, 0.2) is 18.2 Å². The summed E-state index contributed by atoms with van der Waals surface area (Å²) in [6.45, 7) is 9.74. The van der Waals surface area contributed by atoms with E-state index in [1.54, 1.807) is 0 Å². The molecule has 1 aromatic rings. The van der Waals surface area contributed by atoms with Crippen LogP contribution in [0.2, 0.25) is 0 Å². The van der Waals surface area contributed by atoms with Crippen LogP contribution < -0.4 is 10.1 Å². The molecule has 2 rings (SSSR count). The fourth-order valence-corrected chi connectivity index (χ4v) is 2.67. The van der Waals surface area contributed by atoms with Crippen LogP contribution in [0.1, 0.15) is 43.7 Å². The predicted octanol–water partition coefficient (Wildman–Crippen LogP) is 3.50. The number of hydrogen-bond donors (Lipinski definition) is 1. The Balaban J connectivity index is 1.91. The van der Waals surface area contributed by atoms with Crippen molar-refractivity contribution in [1.82, 2.24) is 5.32 Å². The third-order valence-electron chi connectivity index (χ3n) is 3.75. The molecule has 1 atom stereocenters. The van der Waals surface area contributed by atoms with Crippen LogP contribution in [-0.4, -0.2) is 19.7 Å². The first-order valence-corrected chi connectivity index (χ1v) is 7.11. The highest BCUT2D eigenvalue weighted by Crippen LogP contribution is 2.24. The first kappa shape index (κ1) is 13.4. The van der Waals surface area contributed by atoms with Gasteiger partial charge in [-0.2, -0.15) is 0 Å². The molecule has 0 aliphatic carbocycles. The first-order valence-electron chi connectivity index (χ1n) is 7.11. The molecule has 0 bridgehead atoms. The van der Waals surface area contributed by atoms with Gasteiger partial charge in [-0.05, 0) is 55.5 Å². The molecule has 1 aliphatic rings. The quantitative estimate of drug-likeness (QED) is 0.879. The summed E-state index contributed by atoms with van der Waals surface area (Å²) < 4.78 is 5.92. The van der Waals surface area contributed by atoms with Gasteiger partial charge >= 0.3 is 0 Å². The third kappa shape index (κ3) is 3.49. The highest BCUT2D eigenvalue weighted by molar-refractivity contribution is 5.36. The van der Waals surface area contributed by atoms with E-state index in [-0.39, 0.29) is 0 Å². The van der Waals surface area contributed by atoms with Gasteiger partial charge in [0.15, 0.2) is 0 Å². The summed E-state index contributed by atoms with van der Waals surface area (Å²) in [5, 5.41) is 3.43. The first-order chi connectivity index (χ1) is 8.66. The largest absolute Gasteiger partial charge is 0.493 e. The van der Waals surface area contributed by atoms with Crippen molar-refractivity contribution in [3.63, 3.8) is 0 Å². The van der Waals surface area contributed by atoms with Crippen LogP contribution in [0.5, 0.6) is 5.75 Å². The van der Waals surface area contributed by atoms with Crippen molar-refractivity contribution < 1.29 is 4.74 Å². The maximum Gasteiger partial charge on any atom is 0.119 e. The van der Waals surface area contributed by atoms with E-state index in [1.165, 1.54) is 30.5 Å². The second kappa shape index (κ2) is 6.24. The number of benzene rings is 1. The number of ether oxygens (including phenoxy) is 1. The smallest absolute Gasteiger partial charge is 0.119 e. The predicted molar refractivity (Wildman–Crippen MR) is 76.4 cm³/mol. The lowest BCUT2D eigenvalue weighted by atomic mass is 9.98. The zero-order valence-corrected chi connectivity index (χ0v) is 11.8. The van der Waals surface area contributed by atoms with Crippen LogP contribution in [0.25, 0.3) is 0 Å². The van der Waals surface area contributed by atoms with Gasteiger partial charge in [-0.3, -0.25) is 0 Å². The monoisotopic (exact) mass is 247 g/mol. The minimum atomic E-state index is 0.585. The SMILES string of the molecule is Cc1cc(OC[C@H]2CCCNC2)ccc1C(C)C. The molecule has 1 fully saturated rings. The van der Waals surface area contributed by atoms with Crippen molar-refractivity contribution >= 4 is 0 Å². The molecule has 1 heterocycles. The van der Waals surface area contributed by atoms with Crippen molar-refractivity contribution in [2.75, 3.05) is 19.7 Å². The van der Waals surface area contributed by atoms with Gasteiger partial charge in [-0.15, -0.1) is 0 Å². The summed E-state index contributed by atoms with van der Waals surface area (Å²) in [5.74, 6) is 2.27. The summed E-state index contributed by atoms with van der Waals surface area (Å²) in [7, 11) is 0. The van der Waals surface area contributed by atoms with E-state index >= 15 is 0 Å². The molecular weight excluding hydrogens is 222 g/mol. The number of rotatable bonds is 4. The summed E-state index contributed by atoms with van der Waals surface area (Å²) >= 11 is 0. The van der Waals surface area contributed by atoms with Crippen molar-refractivity contribution in [1.29, 1.82) is 0 Å². The Morgan fingerprint density at radius 3 is 2.83 bits per heavy atom. The van der Waals surface area contributed by atoms with Crippen molar-refractivity contribution in [3.8, 4) is 5.75 Å². The van der Waals surface area contributed by atoms with Crippen molar-refractivity contribution in [2.24, 2.45) is 5.92 Å². The van der Waals surface area contributed by atoms with E-state index in [0.717, 1.165) is 18.9 Å². The van der Waals surface area contributed by atoms with Gasteiger partial charge in [-0.1, -0.05) is 19.9 Å². The third-order valence-corrected chi connectivity index (χ3v) is 3.75. The number of aryl methyl sites for hydroxylation is 1.